The highest BCUT2D eigenvalue weighted by atomic mass is 16.5. The van der Waals surface area contributed by atoms with Gasteiger partial charge >= 0.3 is 0 Å². The van der Waals surface area contributed by atoms with Crippen molar-refractivity contribution in [1.29, 1.82) is 0 Å². The highest BCUT2D eigenvalue weighted by Gasteiger charge is 2.48. The van der Waals surface area contributed by atoms with Crippen LogP contribution in [0.2, 0.25) is 0 Å². The monoisotopic (exact) mass is 294 g/mol. The molecule has 1 aromatic heterocycles. The van der Waals surface area contributed by atoms with Crippen LogP contribution >= 0.6 is 0 Å². The molecule has 1 unspecified atom stereocenters. The number of nitrogens with zero attached hydrogens (tertiary/aromatic N) is 1. The summed E-state index contributed by atoms with van der Waals surface area (Å²) in [7, 11) is 0. The van der Waals surface area contributed by atoms with Crippen LogP contribution in [0, 0.1) is 0 Å². The maximum atomic E-state index is 11.5. The second kappa shape index (κ2) is 4.22. The number of ether oxygens (including phenoxy) is 2. The Kier molecular flexibility index (Phi) is 2.31. The number of carbonyl (C=O) groups is 1. The Bertz CT molecular complexity index is 802. The summed E-state index contributed by atoms with van der Waals surface area (Å²) in [6.45, 7) is 0. The van der Waals surface area contributed by atoms with Gasteiger partial charge in [0.05, 0.1) is 0 Å². The van der Waals surface area contributed by atoms with Gasteiger partial charge in [0.2, 0.25) is 5.91 Å². The summed E-state index contributed by atoms with van der Waals surface area (Å²) < 4.78 is 11.8. The standard InChI is InChI=1S/C17H14N2O3/c20-16-4-2-10-14(5-6-18-17(10)19-16)21-9-1-3-13-11(7-9)12-8-15(12)22-13/h1,3,5-7,12,15H,2,4,8H2,(H,18,19,20)/t12?,15-/m1/s1. The van der Waals surface area contributed by atoms with E-state index in [2.05, 4.69) is 16.4 Å². The minimum atomic E-state index is 0.00612. The number of pyridine rings is 1. The Morgan fingerprint density at radius 3 is 3.18 bits per heavy atom. The highest BCUT2D eigenvalue weighted by molar-refractivity contribution is 5.93. The summed E-state index contributed by atoms with van der Waals surface area (Å²) in [6.07, 6.45) is 4.29. The van der Waals surface area contributed by atoms with Crippen LogP contribution in [0.5, 0.6) is 17.2 Å². The third-order valence-corrected chi connectivity index (χ3v) is 4.49. The van der Waals surface area contributed by atoms with Gasteiger partial charge in [0.1, 0.15) is 29.2 Å². The first-order chi connectivity index (χ1) is 10.8. The largest absolute Gasteiger partial charge is 0.489 e. The SMILES string of the molecule is O=C1CCc2c(Oc3ccc4c(c3)C3C[C@H]3O4)ccnc2N1. The zero-order valence-electron chi connectivity index (χ0n) is 11.8. The van der Waals surface area contributed by atoms with Crippen molar-refractivity contribution in [2.45, 2.75) is 31.3 Å². The highest BCUT2D eigenvalue weighted by Crippen LogP contribution is 2.54. The maximum absolute atomic E-state index is 11.5. The minimum Gasteiger partial charge on any atom is -0.489 e. The van der Waals surface area contributed by atoms with Crippen LogP contribution in [-0.2, 0) is 11.2 Å². The number of carbonyl (C=O) groups excluding carboxylic acids is 1. The van der Waals surface area contributed by atoms with Crippen molar-refractivity contribution in [2.24, 2.45) is 0 Å². The maximum Gasteiger partial charge on any atom is 0.225 e. The van der Waals surface area contributed by atoms with E-state index in [0.29, 0.717) is 30.7 Å². The van der Waals surface area contributed by atoms with Gasteiger partial charge < -0.3 is 14.8 Å². The first kappa shape index (κ1) is 12.0. The fourth-order valence-electron chi connectivity index (χ4n) is 3.26. The quantitative estimate of drug-likeness (QED) is 0.925. The van der Waals surface area contributed by atoms with E-state index < -0.39 is 0 Å². The predicted molar refractivity (Wildman–Crippen MR) is 79.5 cm³/mol. The van der Waals surface area contributed by atoms with Crippen LogP contribution in [0.15, 0.2) is 30.5 Å². The lowest BCUT2D eigenvalue weighted by Crippen LogP contribution is -2.20. The average Bonchev–Trinajstić information content (AvgIpc) is 3.20. The molecular weight excluding hydrogens is 280 g/mol. The van der Waals surface area contributed by atoms with Gasteiger partial charge in [0, 0.05) is 29.7 Å². The molecule has 110 valence electrons. The molecule has 1 saturated carbocycles. The van der Waals surface area contributed by atoms with E-state index in [0.717, 1.165) is 29.2 Å². The molecule has 5 rings (SSSR count). The van der Waals surface area contributed by atoms with Crippen LogP contribution in [0.4, 0.5) is 5.82 Å². The molecule has 2 atom stereocenters. The molecule has 1 fully saturated rings. The van der Waals surface area contributed by atoms with E-state index in [9.17, 15) is 4.79 Å². The number of nitrogens with one attached hydrogen (secondary N) is 1. The van der Waals surface area contributed by atoms with Gasteiger partial charge in [-0.1, -0.05) is 0 Å². The molecule has 3 heterocycles. The van der Waals surface area contributed by atoms with Gasteiger partial charge in [-0.3, -0.25) is 4.79 Å². The summed E-state index contributed by atoms with van der Waals surface area (Å²) in [5.74, 6) is 3.71. The molecule has 1 aliphatic carbocycles. The number of benzene rings is 1. The van der Waals surface area contributed by atoms with Crippen LogP contribution in [0.3, 0.4) is 0 Å². The van der Waals surface area contributed by atoms with Gasteiger partial charge in [-0.25, -0.2) is 4.98 Å². The Morgan fingerprint density at radius 2 is 2.23 bits per heavy atom. The number of hydrogen-bond donors (Lipinski definition) is 1. The topological polar surface area (TPSA) is 60.5 Å². The van der Waals surface area contributed by atoms with Crippen LogP contribution < -0.4 is 14.8 Å². The molecule has 0 saturated heterocycles. The molecule has 0 radical (unpaired) electrons. The minimum absolute atomic E-state index is 0.00612. The van der Waals surface area contributed by atoms with Crippen LogP contribution in [0.1, 0.15) is 29.9 Å². The Hall–Kier alpha value is -2.56. The van der Waals surface area contributed by atoms with Gasteiger partial charge in [0.15, 0.2) is 0 Å². The van der Waals surface area contributed by atoms with Crippen LogP contribution in [-0.4, -0.2) is 17.0 Å². The van der Waals surface area contributed by atoms with Crippen molar-refractivity contribution >= 4 is 11.7 Å². The molecule has 2 aromatic rings. The van der Waals surface area contributed by atoms with E-state index >= 15 is 0 Å². The smallest absolute Gasteiger partial charge is 0.225 e. The fraction of sp³-hybridized carbons (Fsp3) is 0.294. The molecule has 0 spiro atoms. The zero-order valence-corrected chi connectivity index (χ0v) is 11.8. The van der Waals surface area contributed by atoms with Crippen molar-refractivity contribution in [3.8, 4) is 17.2 Å². The van der Waals surface area contributed by atoms with Crippen molar-refractivity contribution in [1.82, 2.24) is 4.98 Å². The van der Waals surface area contributed by atoms with Crippen LogP contribution in [0.25, 0.3) is 0 Å². The third kappa shape index (κ3) is 1.78. The van der Waals surface area contributed by atoms with Gasteiger partial charge in [0.25, 0.3) is 0 Å². The summed E-state index contributed by atoms with van der Waals surface area (Å²) in [5.41, 5.74) is 2.21. The molecule has 1 aromatic carbocycles. The number of amides is 1. The second-order valence-electron chi connectivity index (χ2n) is 5.98. The summed E-state index contributed by atoms with van der Waals surface area (Å²) >= 11 is 0. The van der Waals surface area contributed by atoms with Crippen molar-refractivity contribution in [3.63, 3.8) is 0 Å². The lowest BCUT2D eigenvalue weighted by Gasteiger charge is -2.19. The summed E-state index contributed by atoms with van der Waals surface area (Å²) in [4.78, 5) is 15.7. The normalized spacial score (nSPS) is 23.7. The van der Waals surface area contributed by atoms with E-state index in [1.165, 1.54) is 5.56 Å². The molecule has 1 amide bonds. The number of aromatic nitrogens is 1. The molecule has 2 aliphatic heterocycles. The van der Waals surface area contributed by atoms with Gasteiger partial charge in [-0.05, 0) is 37.1 Å². The van der Waals surface area contributed by atoms with Crippen molar-refractivity contribution in [3.05, 3.63) is 41.6 Å². The number of fused-ring (bicyclic) bond motifs is 4. The Morgan fingerprint density at radius 1 is 1.27 bits per heavy atom. The number of hydrogen-bond acceptors (Lipinski definition) is 4. The van der Waals surface area contributed by atoms with E-state index in [1.54, 1.807) is 6.20 Å². The molecule has 5 heteroatoms. The molecule has 0 bridgehead atoms. The number of rotatable bonds is 2. The second-order valence-corrected chi connectivity index (χ2v) is 5.98. The lowest BCUT2D eigenvalue weighted by molar-refractivity contribution is -0.116. The molecule has 1 N–H and O–H groups in total. The summed E-state index contributed by atoms with van der Waals surface area (Å²) in [6, 6.07) is 7.82. The summed E-state index contributed by atoms with van der Waals surface area (Å²) in [5, 5.41) is 2.79. The molecule has 22 heavy (non-hydrogen) atoms. The molecule has 3 aliphatic rings. The van der Waals surface area contributed by atoms with Gasteiger partial charge in [-0.15, -0.1) is 0 Å². The predicted octanol–water partition coefficient (Wildman–Crippen LogP) is 3.01. The third-order valence-electron chi connectivity index (χ3n) is 4.49. The molecule has 5 nitrogen and oxygen atoms in total. The zero-order chi connectivity index (χ0) is 14.7. The van der Waals surface area contributed by atoms with E-state index in [-0.39, 0.29) is 5.91 Å². The van der Waals surface area contributed by atoms with E-state index in [4.69, 9.17) is 9.47 Å². The first-order valence-corrected chi connectivity index (χ1v) is 7.54. The van der Waals surface area contributed by atoms with Gasteiger partial charge in [-0.2, -0.15) is 0 Å². The fourth-order valence-corrected chi connectivity index (χ4v) is 3.26. The lowest BCUT2D eigenvalue weighted by atomic mass is 10.1. The molecular formula is C17H14N2O3. The number of anilines is 1. The van der Waals surface area contributed by atoms with E-state index in [1.807, 2.05) is 18.2 Å². The average molecular weight is 294 g/mol. The first-order valence-electron chi connectivity index (χ1n) is 7.54. The van der Waals surface area contributed by atoms with Crippen molar-refractivity contribution in [2.75, 3.05) is 5.32 Å². The van der Waals surface area contributed by atoms with Crippen molar-refractivity contribution < 1.29 is 14.3 Å². The Labute approximate surface area is 127 Å². The Balaban J connectivity index is 1.48.